The lowest BCUT2D eigenvalue weighted by Gasteiger charge is -2.17. The number of hydrogen-bond donors (Lipinski definition) is 0. The third-order valence-electron chi connectivity index (χ3n) is 4.68. The molecule has 0 radical (unpaired) electrons. The highest BCUT2D eigenvalue weighted by Crippen LogP contribution is 2.28. The predicted molar refractivity (Wildman–Crippen MR) is 94.3 cm³/mol. The van der Waals surface area contributed by atoms with Crippen LogP contribution in [0, 0.1) is 0 Å². The lowest BCUT2D eigenvalue weighted by atomic mass is 10.1. The summed E-state index contributed by atoms with van der Waals surface area (Å²) in [6.45, 7) is 3.13. The average Bonchev–Trinajstić information content (AvgIpc) is 2.97. The van der Waals surface area contributed by atoms with Crippen molar-refractivity contribution in [2.75, 3.05) is 11.4 Å². The van der Waals surface area contributed by atoms with E-state index in [-0.39, 0.29) is 0 Å². The van der Waals surface area contributed by atoms with E-state index in [0.29, 0.717) is 12.3 Å². The molecule has 0 bridgehead atoms. The molecule has 2 nitrogen and oxygen atoms in total. The van der Waals surface area contributed by atoms with E-state index in [1.54, 1.807) is 0 Å². The molecule has 0 spiro atoms. The molecule has 0 atom stereocenters. The Balaban J connectivity index is 1.56. The Kier molecular flexibility index (Phi) is 7.48. The maximum Gasteiger partial charge on any atom is 0.226 e. The number of carbonyl (C=O) groups excluding carboxylic acids is 1. The Morgan fingerprint density at radius 3 is 2.32 bits per heavy atom. The van der Waals surface area contributed by atoms with Crippen molar-refractivity contribution in [3.8, 4) is 0 Å². The normalized spacial score (nSPS) is 13.4. The second-order valence-corrected chi connectivity index (χ2v) is 6.50. The monoisotopic (exact) mass is 301 g/mol. The summed E-state index contributed by atoms with van der Waals surface area (Å²) in [5.74, 6) is 0.313. The summed E-state index contributed by atoms with van der Waals surface area (Å²) in [7, 11) is 0. The van der Waals surface area contributed by atoms with Gasteiger partial charge >= 0.3 is 0 Å². The minimum absolute atomic E-state index is 0.313. The molecule has 0 N–H and O–H groups in total. The zero-order chi connectivity index (χ0) is 15.6. The zero-order valence-corrected chi connectivity index (χ0v) is 14.2. The topological polar surface area (TPSA) is 20.3 Å². The molecule has 1 aliphatic heterocycles. The molecule has 1 aromatic rings. The van der Waals surface area contributed by atoms with Gasteiger partial charge in [0.1, 0.15) is 0 Å². The van der Waals surface area contributed by atoms with Gasteiger partial charge in [-0.3, -0.25) is 4.79 Å². The molecule has 1 aromatic carbocycles. The van der Waals surface area contributed by atoms with Gasteiger partial charge in [-0.15, -0.1) is 0 Å². The van der Waals surface area contributed by atoms with Crippen molar-refractivity contribution >= 4 is 11.6 Å². The van der Waals surface area contributed by atoms with Gasteiger partial charge in [0, 0.05) is 18.7 Å². The Bertz CT molecular complexity index is 455. The highest BCUT2D eigenvalue weighted by Gasteiger charge is 2.23. The second kappa shape index (κ2) is 9.66. The highest BCUT2D eigenvalue weighted by atomic mass is 16.2. The first-order chi connectivity index (χ1) is 10.8. The summed E-state index contributed by atoms with van der Waals surface area (Å²) in [4.78, 5) is 14.3. The van der Waals surface area contributed by atoms with Gasteiger partial charge in [-0.05, 0) is 24.5 Å². The van der Waals surface area contributed by atoms with Crippen LogP contribution in [0.4, 0.5) is 5.69 Å². The lowest BCUT2D eigenvalue weighted by Crippen LogP contribution is -2.28. The van der Waals surface area contributed by atoms with Gasteiger partial charge in [0.2, 0.25) is 5.91 Å². The minimum atomic E-state index is 0.313. The van der Waals surface area contributed by atoms with E-state index >= 15 is 0 Å². The van der Waals surface area contributed by atoms with Crippen LogP contribution in [0.5, 0.6) is 0 Å². The number of rotatable bonds is 10. The standard InChI is InChI=1S/C20H31NO/c1-2-3-4-5-6-7-8-9-10-15-20(22)21-17-16-18-13-11-12-14-19(18)21/h11-14H,2-10,15-17H2,1H3. The van der Waals surface area contributed by atoms with Crippen LogP contribution in [0.25, 0.3) is 0 Å². The van der Waals surface area contributed by atoms with Gasteiger partial charge in [0.05, 0.1) is 0 Å². The van der Waals surface area contributed by atoms with Gasteiger partial charge in [0.15, 0.2) is 0 Å². The molecule has 0 unspecified atom stereocenters. The lowest BCUT2D eigenvalue weighted by molar-refractivity contribution is -0.118. The first-order valence-corrected chi connectivity index (χ1v) is 9.21. The summed E-state index contributed by atoms with van der Waals surface area (Å²) in [6, 6.07) is 8.31. The zero-order valence-electron chi connectivity index (χ0n) is 14.2. The van der Waals surface area contributed by atoms with E-state index in [1.165, 1.54) is 56.9 Å². The number of carbonyl (C=O) groups is 1. The fourth-order valence-corrected chi connectivity index (χ4v) is 3.32. The number of fused-ring (bicyclic) bond motifs is 1. The van der Waals surface area contributed by atoms with Crippen molar-refractivity contribution in [1.82, 2.24) is 0 Å². The molecule has 122 valence electrons. The van der Waals surface area contributed by atoms with Crippen molar-refractivity contribution < 1.29 is 4.79 Å². The van der Waals surface area contributed by atoms with Crippen molar-refractivity contribution in [3.63, 3.8) is 0 Å². The summed E-state index contributed by atoms with van der Waals surface area (Å²) in [5, 5.41) is 0. The number of amides is 1. The molecule has 1 amide bonds. The maximum atomic E-state index is 12.3. The Hall–Kier alpha value is -1.31. The molecule has 1 aliphatic rings. The summed E-state index contributed by atoms with van der Waals surface area (Å²) >= 11 is 0. The SMILES string of the molecule is CCCCCCCCCCCC(=O)N1CCc2ccccc21. The van der Waals surface area contributed by atoms with E-state index < -0.39 is 0 Å². The van der Waals surface area contributed by atoms with Gasteiger partial charge in [-0.2, -0.15) is 0 Å². The predicted octanol–water partition coefficient (Wildman–Crippen LogP) is 5.50. The van der Waals surface area contributed by atoms with Crippen LogP contribution in [-0.4, -0.2) is 12.5 Å². The van der Waals surface area contributed by atoms with E-state index in [4.69, 9.17) is 0 Å². The maximum absolute atomic E-state index is 12.3. The van der Waals surface area contributed by atoms with Crippen LogP contribution in [0.2, 0.25) is 0 Å². The first kappa shape index (κ1) is 17.1. The summed E-state index contributed by atoms with van der Waals surface area (Å²) < 4.78 is 0. The molecule has 1 heterocycles. The molecular weight excluding hydrogens is 270 g/mol. The first-order valence-electron chi connectivity index (χ1n) is 9.21. The van der Waals surface area contributed by atoms with Crippen LogP contribution in [-0.2, 0) is 11.2 Å². The molecule has 0 aliphatic carbocycles. The number of nitrogens with zero attached hydrogens (tertiary/aromatic N) is 1. The van der Waals surface area contributed by atoms with Gasteiger partial charge in [-0.25, -0.2) is 0 Å². The Labute approximate surface area is 135 Å². The third kappa shape index (κ3) is 5.15. The number of unbranched alkanes of at least 4 members (excludes halogenated alkanes) is 8. The van der Waals surface area contributed by atoms with E-state index in [2.05, 4.69) is 25.1 Å². The van der Waals surface area contributed by atoms with Crippen LogP contribution >= 0.6 is 0 Å². The van der Waals surface area contributed by atoms with Crippen LogP contribution in [0.15, 0.2) is 24.3 Å². The summed E-state index contributed by atoms with van der Waals surface area (Å²) in [5.41, 5.74) is 2.46. The van der Waals surface area contributed by atoms with Gasteiger partial charge in [0.25, 0.3) is 0 Å². The van der Waals surface area contributed by atoms with Crippen LogP contribution < -0.4 is 4.90 Å². The molecule has 0 saturated carbocycles. The highest BCUT2D eigenvalue weighted by molar-refractivity contribution is 5.95. The number of benzene rings is 1. The number of para-hydroxylation sites is 1. The Morgan fingerprint density at radius 1 is 0.955 bits per heavy atom. The Morgan fingerprint density at radius 2 is 1.59 bits per heavy atom. The quantitative estimate of drug-likeness (QED) is 0.523. The average molecular weight is 301 g/mol. The van der Waals surface area contributed by atoms with Crippen LogP contribution in [0.1, 0.15) is 76.7 Å². The molecular formula is C20H31NO. The molecule has 2 rings (SSSR count). The van der Waals surface area contributed by atoms with Gasteiger partial charge < -0.3 is 4.90 Å². The largest absolute Gasteiger partial charge is 0.312 e. The summed E-state index contributed by atoms with van der Waals surface area (Å²) in [6.07, 6.45) is 13.5. The molecule has 0 saturated heterocycles. The second-order valence-electron chi connectivity index (χ2n) is 6.50. The molecule has 0 fully saturated rings. The van der Waals surface area contributed by atoms with E-state index in [9.17, 15) is 4.79 Å². The van der Waals surface area contributed by atoms with Crippen molar-refractivity contribution in [2.45, 2.75) is 77.6 Å². The fraction of sp³-hybridized carbons (Fsp3) is 0.650. The van der Waals surface area contributed by atoms with Crippen molar-refractivity contribution in [3.05, 3.63) is 29.8 Å². The minimum Gasteiger partial charge on any atom is -0.312 e. The fourth-order valence-electron chi connectivity index (χ4n) is 3.32. The molecule has 22 heavy (non-hydrogen) atoms. The van der Waals surface area contributed by atoms with E-state index in [0.717, 1.165) is 25.1 Å². The number of hydrogen-bond acceptors (Lipinski definition) is 1. The smallest absolute Gasteiger partial charge is 0.226 e. The van der Waals surface area contributed by atoms with Crippen molar-refractivity contribution in [2.24, 2.45) is 0 Å². The van der Waals surface area contributed by atoms with Crippen LogP contribution in [0.3, 0.4) is 0 Å². The van der Waals surface area contributed by atoms with Crippen molar-refractivity contribution in [1.29, 1.82) is 0 Å². The molecule has 2 heteroatoms. The third-order valence-corrected chi connectivity index (χ3v) is 4.68. The van der Waals surface area contributed by atoms with Gasteiger partial charge in [-0.1, -0.05) is 76.5 Å². The van der Waals surface area contributed by atoms with E-state index in [1.807, 2.05) is 11.0 Å². The molecule has 0 aromatic heterocycles. The number of anilines is 1.